The molecule has 0 atom stereocenters. The van der Waals surface area contributed by atoms with Gasteiger partial charge in [-0.05, 0) is 6.92 Å². The van der Waals surface area contributed by atoms with Crippen molar-refractivity contribution in [2.24, 2.45) is 0 Å². The summed E-state index contributed by atoms with van der Waals surface area (Å²) in [6, 6.07) is 2.22. The molecule has 0 N–H and O–H groups in total. The molecule has 98 valence electrons. The minimum atomic E-state index is -0.697. The van der Waals surface area contributed by atoms with Crippen LogP contribution in [-0.2, 0) is 0 Å². The van der Waals surface area contributed by atoms with E-state index in [4.69, 9.17) is 4.74 Å². The number of ether oxygens (including phenoxy) is 1. The monoisotopic (exact) mass is 255 g/mol. The Morgan fingerprint density at radius 3 is 2.11 bits per heavy atom. The fourth-order valence-corrected chi connectivity index (χ4v) is 1.46. The first-order chi connectivity index (χ1) is 8.38. The molecular formula is C10H13N3O5. The van der Waals surface area contributed by atoms with E-state index in [0.717, 1.165) is 6.07 Å². The smallest absolute Gasteiger partial charge is 0.317 e. The first-order valence-electron chi connectivity index (χ1n) is 5.15. The lowest BCUT2D eigenvalue weighted by Gasteiger charge is -2.14. The molecule has 0 heterocycles. The van der Waals surface area contributed by atoms with Gasteiger partial charge in [-0.15, -0.1) is 0 Å². The van der Waals surface area contributed by atoms with Gasteiger partial charge in [-0.3, -0.25) is 20.2 Å². The Morgan fingerprint density at radius 2 is 1.72 bits per heavy atom. The van der Waals surface area contributed by atoms with Gasteiger partial charge in [0.25, 0.3) is 5.69 Å². The Balaban J connectivity index is 3.49. The number of rotatable bonds is 5. The molecule has 0 aliphatic rings. The maximum absolute atomic E-state index is 10.9. The molecule has 0 unspecified atom stereocenters. The molecule has 0 saturated heterocycles. The molecular weight excluding hydrogens is 242 g/mol. The molecule has 0 aliphatic carbocycles. The number of hydrogen-bond acceptors (Lipinski definition) is 6. The zero-order valence-corrected chi connectivity index (χ0v) is 10.2. The fraction of sp³-hybridized carbons (Fsp3) is 0.400. The number of nitrogens with zero attached hydrogens (tertiary/aromatic N) is 3. The summed E-state index contributed by atoms with van der Waals surface area (Å²) in [5, 5.41) is 21.7. The van der Waals surface area contributed by atoms with Crippen molar-refractivity contribution in [3.63, 3.8) is 0 Å². The van der Waals surface area contributed by atoms with E-state index in [9.17, 15) is 20.2 Å². The molecule has 1 rings (SSSR count). The predicted octanol–water partition coefficient (Wildman–Crippen LogP) is 1.97. The quantitative estimate of drug-likeness (QED) is 0.589. The summed E-state index contributed by atoms with van der Waals surface area (Å²) in [4.78, 5) is 21.9. The van der Waals surface area contributed by atoms with Gasteiger partial charge in [0.15, 0.2) is 5.75 Å². The summed E-state index contributed by atoms with van der Waals surface area (Å²) >= 11 is 0. The molecule has 8 heteroatoms. The van der Waals surface area contributed by atoms with E-state index in [-0.39, 0.29) is 23.7 Å². The van der Waals surface area contributed by atoms with Crippen molar-refractivity contribution in [2.45, 2.75) is 6.92 Å². The van der Waals surface area contributed by atoms with Crippen LogP contribution in [0.15, 0.2) is 12.1 Å². The third kappa shape index (κ3) is 2.65. The highest BCUT2D eigenvalue weighted by Crippen LogP contribution is 2.38. The number of nitro groups is 2. The van der Waals surface area contributed by atoms with Crippen molar-refractivity contribution in [2.75, 3.05) is 25.6 Å². The van der Waals surface area contributed by atoms with Gasteiger partial charge >= 0.3 is 5.69 Å². The summed E-state index contributed by atoms with van der Waals surface area (Å²) in [5.74, 6) is 0.0248. The van der Waals surface area contributed by atoms with Gasteiger partial charge in [-0.1, -0.05) is 0 Å². The standard InChI is InChI=1S/C10H13N3O5/c1-4-18-10-6-7(11(2)3)8(12(14)15)5-9(10)13(16)17/h5-6H,4H2,1-3H3. The van der Waals surface area contributed by atoms with Crippen molar-refractivity contribution in [1.82, 2.24) is 0 Å². The third-order valence-corrected chi connectivity index (χ3v) is 2.23. The Bertz CT molecular complexity index is 487. The Morgan fingerprint density at radius 1 is 1.17 bits per heavy atom. The van der Waals surface area contributed by atoms with Crippen LogP contribution >= 0.6 is 0 Å². The van der Waals surface area contributed by atoms with Crippen molar-refractivity contribution in [3.8, 4) is 5.75 Å². The van der Waals surface area contributed by atoms with Crippen LogP contribution in [0.25, 0.3) is 0 Å². The van der Waals surface area contributed by atoms with E-state index in [1.807, 2.05) is 0 Å². The molecule has 0 saturated carbocycles. The van der Waals surface area contributed by atoms with E-state index in [1.165, 1.54) is 11.0 Å². The molecule has 0 aromatic heterocycles. The van der Waals surface area contributed by atoms with E-state index in [2.05, 4.69) is 0 Å². The van der Waals surface area contributed by atoms with Crippen molar-refractivity contribution < 1.29 is 14.6 Å². The molecule has 0 radical (unpaired) electrons. The van der Waals surface area contributed by atoms with Gasteiger partial charge < -0.3 is 9.64 Å². The van der Waals surface area contributed by atoms with Gasteiger partial charge in [0.2, 0.25) is 0 Å². The van der Waals surface area contributed by atoms with Gasteiger partial charge in [-0.25, -0.2) is 0 Å². The Hall–Kier alpha value is -2.38. The van der Waals surface area contributed by atoms with E-state index in [1.54, 1.807) is 21.0 Å². The molecule has 0 spiro atoms. The van der Waals surface area contributed by atoms with Crippen LogP contribution in [-0.4, -0.2) is 30.5 Å². The molecule has 8 nitrogen and oxygen atoms in total. The third-order valence-electron chi connectivity index (χ3n) is 2.23. The molecule has 0 amide bonds. The molecule has 1 aromatic carbocycles. The maximum atomic E-state index is 10.9. The highest BCUT2D eigenvalue weighted by Gasteiger charge is 2.26. The second-order valence-corrected chi connectivity index (χ2v) is 3.65. The van der Waals surface area contributed by atoms with Crippen LogP contribution in [0.2, 0.25) is 0 Å². The van der Waals surface area contributed by atoms with Crippen LogP contribution in [0.3, 0.4) is 0 Å². The first-order valence-corrected chi connectivity index (χ1v) is 5.15. The molecule has 0 fully saturated rings. The number of benzene rings is 1. The molecule has 18 heavy (non-hydrogen) atoms. The number of nitro benzene ring substituents is 2. The van der Waals surface area contributed by atoms with Crippen LogP contribution < -0.4 is 9.64 Å². The van der Waals surface area contributed by atoms with Crippen molar-refractivity contribution in [1.29, 1.82) is 0 Å². The van der Waals surface area contributed by atoms with Gasteiger partial charge in [0, 0.05) is 20.2 Å². The maximum Gasteiger partial charge on any atom is 0.317 e. The lowest BCUT2D eigenvalue weighted by atomic mass is 10.2. The number of anilines is 1. The highest BCUT2D eigenvalue weighted by atomic mass is 16.6. The predicted molar refractivity (Wildman–Crippen MR) is 65.2 cm³/mol. The number of hydrogen-bond donors (Lipinski definition) is 0. The summed E-state index contributed by atoms with van der Waals surface area (Å²) < 4.78 is 5.13. The average molecular weight is 255 g/mol. The minimum absolute atomic E-state index is 0.0248. The van der Waals surface area contributed by atoms with Crippen molar-refractivity contribution in [3.05, 3.63) is 32.4 Å². The lowest BCUT2D eigenvalue weighted by Crippen LogP contribution is -2.12. The largest absolute Gasteiger partial charge is 0.487 e. The van der Waals surface area contributed by atoms with E-state index >= 15 is 0 Å². The van der Waals surface area contributed by atoms with E-state index in [0.29, 0.717) is 0 Å². The Labute approximate surface area is 103 Å². The van der Waals surface area contributed by atoms with Crippen LogP contribution in [0, 0.1) is 20.2 Å². The average Bonchev–Trinajstić information content (AvgIpc) is 2.28. The fourth-order valence-electron chi connectivity index (χ4n) is 1.46. The van der Waals surface area contributed by atoms with E-state index < -0.39 is 15.5 Å². The molecule has 0 aliphatic heterocycles. The summed E-state index contributed by atoms with van der Waals surface area (Å²) in [7, 11) is 3.23. The lowest BCUT2D eigenvalue weighted by molar-refractivity contribution is -0.394. The summed E-state index contributed by atoms with van der Waals surface area (Å²) in [5.41, 5.74) is -0.474. The van der Waals surface area contributed by atoms with Gasteiger partial charge in [0.05, 0.1) is 22.5 Å². The SMILES string of the molecule is CCOc1cc(N(C)C)c([N+](=O)[O-])cc1[N+](=O)[O-]. The normalized spacial score (nSPS) is 9.94. The molecule has 0 bridgehead atoms. The summed E-state index contributed by atoms with van der Waals surface area (Å²) in [6.07, 6.45) is 0. The zero-order valence-electron chi connectivity index (χ0n) is 10.2. The molecule has 1 aromatic rings. The Kier molecular flexibility index (Phi) is 4.03. The highest BCUT2D eigenvalue weighted by molar-refractivity contribution is 5.71. The van der Waals surface area contributed by atoms with Crippen LogP contribution in [0.4, 0.5) is 17.1 Å². The van der Waals surface area contributed by atoms with Gasteiger partial charge in [0.1, 0.15) is 5.69 Å². The second-order valence-electron chi connectivity index (χ2n) is 3.65. The van der Waals surface area contributed by atoms with Crippen LogP contribution in [0.5, 0.6) is 5.75 Å². The van der Waals surface area contributed by atoms with Crippen molar-refractivity contribution >= 4 is 17.1 Å². The zero-order chi connectivity index (χ0) is 13.9. The first kappa shape index (κ1) is 13.7. The van der Waals surface area contributed by atoms with Crippen LogP contribution in [0.1, 0.15) is 6.92 Å². The minimum Gasteiger partial charge on any atom is -0.487 e. The topological polar surface area (TPSA) is 98.8 Å². The second kappa shape index (κ2) is 5.30. The summed E-state index contributed by atoms with van der Waals surface area (Å²) in [6.45, 7) is 1.92. The van der Waals surface area contributed by atoms with Gasteiger partial charge in [-0.2, -0.15) is 0 Å².